The maximum atomic E-state index is 6.04. The van der Waals surface area contributed by atoms with Gasteiger partial charge in [-0.25, -0.2) is 0 Å². The van der Waals surface area contributed by atoms with Crippen molar-refractivity contribution in [2.24, 2.45) is 0 Å². The number of benzene rings is 2. The largest absolute Gasteiger partial charge is 0.487 e. The zero-order valence-corrected chi connectivity index (χ0v) is 11.6. The van der Waals surface area contributed by atoms with Crippen molar-refractivity contribution in [3.05, 3.63) is 57.0 Å². The molecule has 5 heteroatoms. The molecule has 0 aromatic heterocycles. The van der Waals surface area contributed by atoms with Crippen molar-refractivity contribution in [1.29, 1.82) is 0 Å². The molecule has 0 spiro atoms. The Balaban J connectivity index is 2.13. The molecule has 0 radical (unpaired) electrons. The highest BCUT2D eigenvalue weighted by atomic mass is 35.5. The Morgan fingerprint density at radius 1 is 0.944 bits per heavy atom. The van der Waals surface area contributed by atoms with Crippen molar-refractivity contribution >= 4 is 40.5 Å². The topological polar surface area (TPSA) is 35.2 Å². The van der Waals surface area contributed by atoms with E-state index in [9.17, 15) is 0 Å². The average molecular weight is 303 g/mol. The number of rotatable bonds is 3. The lowest BCUT2D eigenvalue weighted by atomic mass is 10.2. The minimum atomic E-state index is 0.297. The molecule has 94 valence electrons. The summed E-state index contributed by atoms with van der Waals surface area (Å²) >= 11 is 17.8. The molecule has 0 aliphatic carbocycles. The predicted molar refractivity (Wildman–Crippen MR) is 76.7 cm³/mol. The molecule has 2 rings (SSSR count). The Morgan fingerprint density at radius 2 is 1.72 bits per heavy atom. The smallest absolute Gasteiger partial charge is 0.138 e. The predicted octanol–water partition coefficient (Wildman–Crippen LogP) is 4.81. The van der Waals surface area contributed by atoms with Crippen LogP contribution in [0.15, 0.2) is 36.4 Å². The third kappa shape index (κ3) is 3.22. The second-order valence-electron chi connectivity index (χ2n) is 3.71. The van der Waals surface area contributed by atoms with Gasteiger partial charge in [-0.2, -0.15) is 0 Å². The number of nitrogen functional groups attached to an aromatic ring is 1. The minimum Gasteiger partial charge on any atom is -0.487 e. The van der Waals surface area contributed by atoms with Gasteiger partial charge in [-0.15, -0.1) is 0 Å². The summed E-state index contributed by atoms with van der Waals surface area (Å²) in [5.41, 5.74) is 7.14. The lowest BCUT2D eigenvalue weighted by Crippen LogP contribution is -1.98. The van der Waals surface area contributed by atoms with Crippen LogP contribution in [0.25, 0.3) is 0 Å². The van der Waals surface area contributed by atoms with Gasteiger partial charge in [0.2, 0.25) is 0 Å². The van der Waals surface area contributed by atoms with Crippen LogP contribution in [0.5, 0.6) is 5.75 Å². The Hall–Kier alpha value is -1.09. The summed E-state index contributed by atoms with van der Waals surface area (Å²) in [6.45, 7) is 0.297. The van der Waals surface area contributed by atoms with Crippen LogP contribution >= 0.6 is 34.8 Å². The van der Waals surface area contributed by atoms with Gasteiger partial charge in [0.15, 0.2) is 0 Å². The van der Waals surface area contributed by atoms with Crippen molar-refractivity contribution in [2.75, 3.05) is 5.73 Å². The van der Waals surface area contributed by atoms with Gasteiger partial charge in [-0.05, 0) is 36.4 Å². The number of halogens is 3. The molecule has 0 saturated carbocycles. The van der Waals surface area contributed by atoms with Crippen LogP contribution in [-0.4, -0.2) is 0 Å². The fraction of sp³-hybridized carbons (Fsp3) is 0.0769. The van der Waals surface area contributed by atoms with Gasteiger partial charge >= 0.3 is 0 Å². The molecule has 2 N–H and O–H groups in total. The first-order valence-electron chi connectivity index (χ1n) is 5.18. The van der Waals surface area contributed by atoms with E-state index in [1.54, 1.807) is 36.4 Å². The summed E-state index contributed by atoms with van der Waals surface area (Å²) in [4.78, 5) is 0. The number of anilines is 1. The van der Waals surface area contributed by atoms with Gasteiger partial charge in [0, 0.05) is 21.3 Å². The number of hydrogen-bond acceptors (Lipinski definition) is 2. The molecule has 18 heavy (non-hydrogen) atoms. The van der Waals surface area contributed by atoms with E-state index in [4.69, 9.17) is 45.3 Å². The molecule has 0 atom stereocenters. The molecular formula is C13H10Cl3NO. The van der Waals surface area contributed by atoms with Gasteiger partial charge in [-0.1, -0.05) is 34.8 Å². The molecular weight excluding hydrogens is 293 g/mol. The van der Waals surface area contributed by atoms with Crippen LogP contribution in [0.1, 0.15) is 5.56 Å². The van der Waals surface area contributed by atoms with Gasteiger partial charge in [0.05, 0.1) is 5.02 Å². The summed E-state index contributed by atoms with van der Waals surface area (Å²) < 4.78 is 5.58. The van der Waals surface area contributed by atoms with E-state index in [1.807, 2.05) is 0 Å². The Labute approximate surface area is 120 Å². The second kappa shape index (κ2) is 5.70. The molecule has 2 aromatic rings. The first-order valence-corrected chi connectivity index (χ1v) is 6.31. The first kappa shape index (κ1) is 13.3. The van der Waals surface area contributed by atoms with Crippen molar-refractivity contribution in [3.8, 4) is 5.75 Å². The second-order valence-corrected chi connectivity index (χ2v) is 4.97. The van der Waals surface area contributed by atoms with E-state index in [0.717, 1.165) is 5.56 Å². The molecule has 0 aliphatic rings. The number of ether oxygens (including phenoxy) is 1. The summed E-state index contributed by atoms with van der Waals surface area (Å²) in [5, 5.41) is 1.63. The number of nitrogens with two attached hydrogens (primary N) is 1. The van der Waals surface area contributed by atoms with Crippen molar-refractivity contribution in [2.45, 2.75) is 6.61 Å². The van der Waals surface area contributed by atoms with Crippen LogP contribution in [0.4, 0.5) is 5.69 Å². The fourth-order valence-corrected chi connectivity index (χ4v) is 2.09. The van der Waals surface area contributed by atoms with Crippen LogP contribution < -0.4 is 10.5 Å². The molecule has 0 heterocycles. The van der Waals surface area contributed by atoms with E-state index in [0.29, 0.717) is 33.1 Å². The SMILES string of the molecule is Nc1ccc(Cl)c(COc2ccc(Cl)cc2Cl)c1. The first-order chi connectivity index (χ1) is 8.56. The highest BCUT2D eigenvalue weighted by molar-refractivity contribution is 6.35. The zero-order chi connectivity index (χ0) is 13.1. The highest BCUT2D eigenvalue weighted by Crippen LogP contribution is 2.29. The zero-order valence-electron chi connectivity index (χ0n) is 9.29. The van der Waals surface area contributed by atoms with E-state index >= 15 is 0 Å². The maximum absolute atomic E-state index is 6.04. The summed E-state index contributed by atoms with van der Waals surface area (Å²) in [6.07, 6.45) is 0. The van der Waals surface area contributed by atoms with E-state index in [1.165, 1.54) is 0 Å². The Kier molecular flexibility index (Phi) is 4.23. The Morgan fingerprint density at radius 3 is 2.44 bits per heavy atom. The highest BCUT2D eigenvalue weighted by Gasteiger charge is 2.05. The van der Waals surface area contributed by atoms with Crippen LogP contribution in [0, 0.1) is 0 Å². The summed E-state index contributed by atoms with van der Waals surface area (Å²) in [5.74, 6) is 0.555. The van der Waals surface area contributed by atoms with Crippen molar-refractivity contribution in [3.63, 3.8) is 0 Å². The Bertz CT molecular complexity index is 572. The molecule has 0 fully saturated rings. The third-order valence-corrected chi connectivity index (χ3v) is 3.25. The maximum Gasteiger partial charge on any atom is 0.138 e. The summed E-state index contributed by atoms with van der Waals surface area (Å²) in [6, 6.07) is 10.3. The normalized spacial score (nSPS) is 10.4. The van der Waals surface area contributed by atoms with Crippen LogP contribution in [0.2, 0.25) is 15.1 Å². The van der Waals surface area contributed by atoms with Crippen molar-refractivity contribution < 1.29 is 4.74 Å². The molecule has 0 amide bonds. The van der Waals surface area contributed by atoms with E-state index < -0.39 is 0 Å². The third-order valence-electron chi connectivity index (χ3n) is 2.35. The monoisotopic (exact) mass is 301 g/mol. The molecule has 2 aromatic carbocycles. The van der Waals surface area contributed by atoms with Gasteiger partial charge in [0.25, 0.3) is 0 Å². The van der Waals surface area contributed by atoms with Crippen molar-refractivity contribution in [1.82, 2.24) is 0 Å². The van der Waals surface area contributed by atoms with E-state index in [-0.39, 0.29) is 0 Å². The van der Waals surface area contributed by atoms with Crippen LogP contribution in [-0.2, 0) is 6.61 Å². The molecule has 0 saturated heterocycles. The van der Waals surface area contributed by atoms with Gasteiger partial charge in [-0.3, -0.25) is 0 Å². The minimum absolute atomic E-state index is 0.297. The fourth-order valence-electron chi connectivity index (χ4n) is 1.45. The quantitative estimate of drug-likeness (QED) is 0.826. The van der Waals surface area contributed by atoms with Gasteiger partial charge < -0.3 is 10.5 Å². The summed E-state index contributed by atoms with van der Waals surface area (Å²) in [7, 11) is 0. The standard InChI is InChI=1S/C13H10Cl3NO/c14-9-1-4-13(12(16)6-9)18-7-8-5-10(17)2-3-11(8)15/h1-6H,7,17H2. The average Bonchev–Trinajstić information content (AvgIpc) is 2.32. The molecule has 0 unspecified atom stereocenters. The number of hydrogen-bond donors (Lipinski definition) is 1. The van der Waals surface area contributed by atoms with Crippen LogP contribution in [0.3, 0.4) is 0 Å². The molecule has 0 aliphatic heterocycles. The van der Waals surface area contributed by atoms with E-state index in [2.05, 4.69) is 0 Å². The lowest BCUT2D eigenvalue weighted by Gasteiger charge is -2.10. The van der Waals surface area contributed by atoms with Gasteiger partial charge in [0.1, 0.15) is 12.4 Å². The lowest BCUT2D eigenvalue weighted by molar-refractivity contribution is 0.306. The molecule has 2 nitrogen and oxygen atoms in total. The molecule has 0 bridgehead atoms.